The Hall–Kier alpha value is -0.730. The van der Waals surface area contributed by atoms with Crippen LogP contribution in [0, 0.1) is 5.92 Å². The molecular formula is C14H20ClNO. The molecule has 1 aliphatic rings. The number of halogens is 1. The Kier molecular flexibility index (Phi) is 4.30. The minimum Gasteiger partial charge on any atom is -0.489 e. The molecule has 0 N–H and O–H groups in total. The lowest BCUT2D eigenvalue weighted by Crippen LogP contribution is -2.25. The summed E-state index contributed by atoms with van der Waals surface area (Å²) < 4.78 is 6.06. The summed E-state index contributed by atoms with van der Waals surface area (Å²) in [7, 11) is 4.19. The van der Waals surface area contributed by atoms with Gasteiger partial charge in [0.05, 0.1) is 5.02 Å². The molecule has 94 valence electrons. The van der Waals surface area contributed by atoms with Gasteiger partial charge in [-0.3, -0.25) is 0 Å². The van der Waals surface area contributed by atoms with Gasteiger partial charge in [-0.05, 0) is 51.4 Å². The quantitative estimate of drug-likeness (QED) is 0.770. The summed E-state index contributed by atoms with van der Waals surface area (Å²) in [6, 6.07) is 7.73. The number of nitrogens with zero attached hydrogens (tertiary/aromatic N) is 1. The first-order valence-electron chi connectivity index (χ1n) is 6.22. The monoisotopic (exact) mass is 253 g/mol. The zero-order valence-electron chi connectivity index (χ0n) is 10.5. The smallest absolute Gasteiger partial charge is 0.138 e. The molecule has 1 aliphatic carbocycles. The van der Waals surface area contributed by atoms with Crippen LogP contribution in [-0.4, -0.2) is 31.6 Å². The number of rotatable bonds is 6. The molecule has 1 unspecified atom stereocenters. The third kappa shape index (κ3) is 3.90. The molecule has 1 atom stereocenters. The van der Waals surface area contributed by atoms with Crippen molar-refractivity contribution in [2.45, 2.75) is 25.4 Å². The minimum absolute atomic E-state index is 0.317. The van der Waals surface area contributed by atoms with Gasteiger partial charge in [-0.2, -0.15) is 0 Å². The van der Waals surface area contributed by atoms with Crippen LogP contribution in [0.5, 0.6) is 5.75 Å². The second kappa shape index (κ2) is 5.74. The summed E-state index contributed by atoms with van der Waals surface area (Å²) in [6.07, 6.45) is 3.98. The molecule has 0 radical (unpaired) electrons. The van der Waals surface area contributed by atoms with Gasteiger partial charge in [0.2, 0.25) is 0 Å². The molecule has 0 aliphatic heterocycles. The Labute approximate surface area is 109 Å². The zero-order valence-corrected chi connectivity index (χ0v) is 11.3. The second-order valence-corrected chi connectivity index (χ2v) is 5.42. The molecule has 2 rings (SSSR count). The van der Waals surface area contributed by atoms with Crippen molar-refractivity contribution >= 4 is 11.6 Å². The number of para-hydroxylation sites is 1. The fraction of sp³-hybridized carbons (Fsp3) is 0.571. The van der Waals surface area contributed by atoms with Crippen LogP contribution in [0.2, 0.25) is 5.02 Å². The van der Waals surface area contributed by atoms with Crippen molar-refractivity contribution in [1.29, 1.82) is 0 Å². The van der Waals surface area contributed by atoms with Crippen molar-refractivity contribution in [3.8, 4) is 5.75 Å². The molecule has 2 nitrogen and oxygen atoms in total. The highest BCUT2D eigenvalue weighted by molar-refractivity contribution is 6.32. The van der Waals surface area contributed by atoms with Crippen LogP contribution in [0.25, 0.3) is 0 Å². The number of hydrogen-bond donors (Lipinski definition) is 0. The highest BCUT2D eigenvalue weighted by atomic mass is 35.5. The van der Waals surface area contributed by atoms with E-state index in [1.54, 1.807) is 0 Å². The third-order valence-electron chi connectivity index (χ3n) is 3.12. The van der Waals surface area contributed by atoms with E-state index in [-0.39, 0.29) is 0 Å². The first-order valence-corrected chi connectivity index (χ1v) is 6.60. The van der Waals surface area contributed by atoms with Crippen LogP contribution < -0.4 is 4.74 Å². The lowest BCUT2D eigenvalue weighted by atomic mass is 10.1. The largest absolute Gasteiger partial charge is 0.489 e. The maximum absolute atomic E-state index is 6.12. The van der Waals surface area contributed by atoms with Gasteiger partial charge < -0.3 is 9.64 Å². The molecule has 0 bridgehead atoms. The molecule has 1 aromatic carbocycles. The van der Waals surface area contributed by atoms with Gasteiger partial charge in [-0.1, -0.05) is 23.7 Å². The van der Waals surface area contributed by atoms with Crippen molar-refractivity contribution in [2.24, 2.45) is 5.92 Å². The normalized spacial score (nSPS) is 17.2. The van der Waals surface area contributed by atoms with Crippen molar-refractivity contribution in [3.63, 3.8) is 0 Å². The Bertz CT molecular complexity index is 363. The fourth-order valence-electron chi connectivity index (χ4n) is 1.95. The van der Waals surface area contributed by atoms with E-state index in [1.807, 2.05) is 24.3 Å². The minimum atomic E-state index is 0.317. The molecule has 17 heavy (non-hydrogen) atoms. The highest BCUT2D eigenvalue weighted by Crippen LogP contribution is 2.37. The molecular weight excluding hydrogens is 234 g/mol. The van der Waals surface area contributed by atoms with Crippen LogP contribution in [0.4, 0.5) is 0 Å². The zero-order chi connectivity index (χ0) is 12.3. The molecule has 0 amide bonds. The summed E-state index contributed by atoms with van der Waals surface area (Å²) in [5, 5.41) is 0.711. The van der Waals surface area contributed by atoms with E-state index < -0.39 is 0 Å². The lowest BCUT2D eigenvalue weighted by Gasteiger charge is -2.21. The molecule has 0 heterocycles. The van der Waals surface area contributed by atoms with E-state index in [0.717, 1.165) is 24.6 Å². The van der Waals surface area contributed by atoms with Crippen molar-refractivity contribution in [1.82, 2.24) is 4.90 Å². The third-order valence-corrected chi connectivity index (χ3v) is 3.44. The average molecular weight is 254 g/mol. The SMILES string of the molecule is CN(C)CCC(Oc1ccccc1Cl)C1CC1. The van der Waals surface area contributed by atoms with E-state index in [9.17, 15) is 0 Å². The second-order valence-electron chi connectivity index (χ2n) is 5.02. The van der Waals surface area contributed by atoms with Gasteiger partial charge in [0, 0.05) is 6.54 Å². The predicted octanol–water partition coefficient (Wildman–Crippen LogP) is 3.45. The molecule has 1 fully saturated rings. The fourth-order valence-corrected chi connectivity index (χ4v) is 2.13. The van der Waals surface area contributed by atoms with Crippen molar-refractivity contribution in [2.75, 3.05) is 20.6 Å². The van der Waals surface area contributed by atoms with Gasteiger partial charge in [0.25, 0.3) is 0 Å². The van der Waals surface area contributed by atoms with E-state index in [4.69, 9.17) is 16.3 Å². The topological polar surface area (TPSA) is 12.5 Å². The van der Waals surface area contributed by atoms with Gasteiger partial charge in [0.1, 0.15) is 11.9 Å². The van der Waals surface area contributed by atoms with Crippen LogP contribution in [0.15, 0.2) is 24.3 Å². The lowest BCUT2D eigenvalue weighted by molar-refractivity contribution is 0.155. The summed E-state index contributed by atoms with van der Waals surface area (Å²) >= 11 is 6.12. The molecule has 1 saturated carbocycles. The van der Waals surface area contributed by atoms with Gasteiger partial charge >= 0.3 is 0 Å². The molecule has 3 heteroatoms. The summed E-state index contributed by atoms with van der Waals surface area (Å²) in [5.74, 6) is 1.55. The number of benzene rings is 1. The first-order chi connectivity index (χ1) is 8.16. The summed E-state index contributed by atoms with van der Waals surface area (Å²) in [6.45, 7) is 1.06. The summed E-state index contributed by atoms with van der Waals surface area (Å²) in [5.41, 5.74) is 0. The van der Waals surface area contributed by atoms with E-state index >= 15 is 0 Å². The maximum Gasteiger partial charge on any atom is 0.138 e. The summed E-state index contributed by atoms with van der Waals surface area (Å²) in [4.78, 5) is 2.20. The standard InChI is InChI=1S/C14H20ClNO/c1-16(2)10-9-13(11-7-8-11)17-14-6-4-3-5-12(14)15/h3-6,11,13H,7-10H2,1-2H3. The van der Waals surface area contributed by atoms with Crippen LogP contribution in [0.1, 0.15) is 19.3 Å². The van der Waals surface area contributed by atoms with E-state index in [1.165, 1.54) is 12.8 Å². The Morgan fingerprint density at radius 1 is 1.35 bits per heavy atom. The average Bonchev–Trinajstić information content (AvgIpc) is 3.10. The van der Waals surface area contributed by atoms with Gasteiger partial charge in [-0.15, -0.1) is 0 Å². The molecule has 1 aromatic rings. The Morgan fingerprint density at radius 3 is 2.65 bits per heavy atom. The van der Waals surface area contributed by atoms with Crippen LogP contribution in [-0.2, 0) is 0 Å². The van der Waals surface area contributed by atoms with Crippen molar-refractivity contribution in [3.05, 3.63) is 29.3 Å². The molecule has 0 aromatic heterocycles. The highest BCUT2D eigenvalue weighted by Gasteiger charge is 2.32. The van der Waals surface area contributed by atoms with Gasteiger partial charge in [-0.25, -0.2) is 0 Å². The predicted molar refractivity (Wildman–Crippen MR) is 71.8 cm³/mol. The first kappa shape index (κ1) is 12.7. The molecule has 0 spiro atoms. The Balaban J connectivity index is 1.95. The Morgan fingerprint density at radius 2 is 2.06 bits per heavy atom. The van der Waals surface area contributed by atoms with E-state index in [2.05, 4.69) is 19.0 Å². The van der Waals surface area contributed by atoms with E-state index in [0.29, 0.717) is 11.1 Å². The van der Waals surface area contributed by atoms with Gasteiger partial charge in [0.15, 0.2) is 0 Å². The maximum atomic E-state index is 6.12. The number of hydrogen-bond acceptors (Lipinski definition) is 2. The number of ether oxygens (including phenoxy) is 1. The van der Waals surface area contributed by atoms with Crippen LogP contribution in [0.3, 0.4) is 0 Å². The van der Waals surface area contributed by atoms with Crippen molar-refractivity contribution < 1.29 is 4.74 Å². The molecule has 0 saturated heterocycles. The van der Waals surface area contributed by atoms with Crippen LogP contribution >= 0.6 is 11.6 Å².